The van der Waals surface area contributed by atoms with Crippen LogP contribution in [0.3, 0.4) is 0 Å². The first-order chi connectivity index (χ1) is 25.3. The number of hydrogen-bond donors (Lipinski definition) is 1. The summed E-state index contributed by atoms with van der Waals surface area (Å²) in [5, 5.41) is 7.03. The van der Waals surface area contributed by atoms with E-state index in [2.05, 4.69) is 20.3 Å². The van der Waals surface area contributed by atoms with Gasteiger partial charge in [0, 0.05) is 55.1 Å². The molecule has 1 amide bonds. The Morgan fingerprint density at radius 2 is 1.71 bits per heavy atom. The highest BCUT2D eigenvalue weighted by Crippen LogP contribution is 2.38. The summed E-state index contributed by atoms with van der Waals surface area (Å²) in [6.07, 6.45) is 2.34. The number of rotatable bonds is 11. The van der Waals surface area contributed by atoms with Gasteiger partial charge in [-0.15, -0.1) is 0 Å². The summed E-state index contributed by atoms with van der Waals surface area (Å²) in [6, 6.07) is 17.5. The van der Waals surface area contributed by atoms with Gasteiger partial charge in [0.15, 0.2) is 28.8 Å². The quantitative estimate of drug-likeness (QED) is 0.150. The molecule has 0 bridgehead atoms. The number of nitrogens with one attached hydrogen (secondary N) is 1. The Hall–Kier alpha value is -5.99. The molecule has 4 aromatic carbocycles. The SMILES string of the molecule is COc1cc2c(Oc3ccc(NC(=O)c4nn(-c5ccccc5F)c5cc(F)ccc5c4=O)cc3F)ccnc2cc1OCCCN1CCOCC1. The van der Waals surface area contributed by atoms with E-state index in [-0.39, 0.29) is 28.0 Å². The Bertz CT molecular complexity index is 2350. The number of methoxy groups -OCH3 is 1. The number of halogens is 3. The molecule has 3 heterocycles. The summed E-state index contributed by atoms with van der Waals surface area (Å²) in [7, 11) is 1.52. The van der Waals surface area contributed by atoms with Crippen molar-refractivity contribution in [3.63, 3.8) is 0 Å². The number of amides is 1. The second-order valence-corrected chi connectivity index (χ2v) is 11.9. The molecule has 0 saturated carbocycles. The van der Waals surface area contributed by atoms with Crippen LogP contribution in [0.4, 0.5) is 18.9 Å². The number of anilines is 1. The van der Waals surface area contributed by atoms with Gasteiger partial charge < -0.3 is 24.3 Å². The van der Waals surface area contributed by atoms with Crippen molar-refractivity contribution in [2.75, 3.05) is 51.9 Å². The first kappa shape index (κ1) is 34.5. The van der Waals surface area contributed by atoms with Crippen LogP contribution in [0.1, 0.15) is 16.9 Å². The minimum absolute atomic E-state index is 0.00985. The van der Waals surface area contributed by atoms with Crippen LogP contribution >= 0.6 is 0 Å². The van der Waals surface area contributed by atoms with Crippen LogP contribution in [0.2, 0.25) is 0 Å². The molecule has 52 heavy (non-hydrogen) atoms. The third kappa shape index (κ3) is 7.24. The number of morpholine rings is 1. The molecule has 14 heteroatoms. The molecule has 0 aliphatic carbocycles. The summed E-state index contributed by atoms with van der Waals surface area (Å²) in [5.41, 5.74) is -1.04. The van der Waals surface area contributed by atoms with E-state index in [1.54, 1.807) is 18.2 Å². The van der Waals surface area contributed by atoms with Crippen molar-refractivity contribution < 1.29 is 36.9 Å². The molecular formula is C38H32F3N5O6. The van der Waals surface area contributed by atoms with Crippen LogP contribution in [0.15, 0.2) is 89.9 Å². The number of para-hydroxylation sites is 1. The monoisotopic (exact) mass is 711 g/mol. The van der Waals surface area contributed by atoms with E-state index >= 15 is 4.39 Å². The lowest BCUT2D eigenvalue weighted by atomic mass is 10.1. The summed E-state index contributed by atoms with van der Waals surface area (Å²) in [6.45, 7) is 4.63. The molecule has 0 atom stereocenters. The normalized spacial score (nSPS) is 13.3. The number of fused-ring (bicyclic) bond motifs is 2. The molecule has 7 rings (SSSR count). The molecule has 0 unspecified atom stereocenters. The van der Waals surface area contributed by atoms with E-state index in [1.165, 1.54) is 55.8 Å². The van der Waals surface area contributed by atoms with Gasteiger partial charge >= 0.3 is 0 Å². The molecule has 6 aromatic rings. The van der Waals surface area contributed by atoms with E-state index < -0.39 is 34.5 Å². The van der Waals surface area contributed by atoms with Crippen molar-refractivity contribution in [2.24, 2.45) is 0 Å². The van der Waals surface area contributed by atoms with Crippen LogP contribution < -0.4 is 25.0 Å². The van der Waals surface area contributed by atoms with Gasteiger partial charge in [-0.2, -0.15) is 5.10 Å². The molecule has 1 fully saturated rings. The summed E-state index contributed by atoms with van der Waals surface area (Å²) < 4.78 is 68.3. The fourth-order valence-corrected chi connectivity index (χ4v) is 5.91. The first-order valence-electron chi connectivity index (χ1n) is 16.4. The maximum atomic E-state index is 15.5. The molecule has 0 spiro atoms. The fourth-order valence-electron chi connectivity index (χ4n) is 5.91. The third-order valence-electron chi connectivity index (χ3n) is 8.52. The molecule has 2 aromatic heterocycles. The van der Waals surface area contributed by atoms with Gasteiger partial charge in [-0.3, -0.25) is 19.5 Å². The zero-order valence-electron chi connectivity index (χ0n) is 27.9. The van der Waals surface area contributed by atoms with Crippen LogP contribution in [0, 0.1) is 17.5 Å². The van der Waals surface area contributed by atoms with Crippen molar-refractivity contribution in [2.45, 2.75) is 6.42 Å². The lowest BCUT2D eigenvalue weighted by Gasteiger charge is -2.26. The van der Waals surface area contributed by atoms with E-state index in [9.17, 15) is 18.4 Å². The summed E-state index contributed by atoms with van der Waals surface area (Å²) >= 11 is 0. The van der Waals surface area contributed by atoms with Crippen molar-refractivity contribution in [1.82, 2.24) is 19.7 Å². The van der Waals surface area contributed by atoms with Gasteiger partial charge in [0.25, 0.3) is 5.91 Å². The lowest BCUT2D eigenvalue weighted by Crippen LogP contribution is -2.37. The molecule has 1 aliphatic rings. The van der Waals surface area contributed by atoms with Crippen LogP contribution in [-0.4, -0.2) is 72.1 Å². The number of carbonyl (C=O) groups excluding carboxylic acids is 1. The number of carbonyl (C=O) groups is 1. The Morgan fingerprint density at radius 1 is 0.885 bits per heavy atom. The zero-order chi connectivity index (χ0) is 36.2. The number of aromatic nitrogens is 3. The Balaban J connectivity index is 1.09. The summed E-state index contributed by atoms with van der Waals surface area (Å²) in [5.74, 6) is -2.08. The zero-order valence-corrected chi connectivity index (χ0v) is 27.9. The highest BCUT2D eigenvalue weighted by atomic mass is 19.1. The van der Waals surface area contributed by atoms with Gasteiger partial charge in [0.1, 0.15) is 23.1 Å². The van der Waals surface area contributed by atoms with Crippen LogP contribution in [0.5, 0.6) is 23.0 Å². The molecule has 1 saturated heterocycles. The smallest absolute Gasteiger partial charge is 0.280 e. The van der Waals surface area contributed by atoms with Crippen LogP contribution in [-0.2, 0) is 4.74 Å². The third-order valence-corrected chi connectivity index (χ3v) is 8.52. The fraction of sp³-hybridized carbons (Fsp3) is 0.211. The van der Waals surface area contributed by atoms with Crippen molar-refractivity contribution in [3.05, 3.63) is 118 Å². The Morgan fingerprint density at radius 3 is 2.50 bits per heavy atom. The highest BCUT2D eigenvalue weighted by molar-refractivity contribution is 6.04. The maximum absolute atomic E-state index is 15.5. The number of pyridine rings is 1. The van der Waals surface area contributed by atoms with E-state index in [0.717, 1.165) is 62.1 Å². The van der Waals surface area contributed by atoms with Gasteiger partial charge in [0.05, 0.1) is 43.4 Å². The number of hydrogen-bond acceptors (Lipinski definition) is 9. The molecule has 11 nitrogen and oxygen atoms in total. The first-order valence-corrected chi connectivity index (χ1v) is 16.4. The minimum atomic E-state index is -0.985. The topological polar surface area (TPSA) is 117 Å². The molecule has 0 radical (unpaired) electrons. The molecule has 1 N–H and O–H groups in total. The number of nitrogens with zero attached hydrogens (tertiary/aromatic N) is 4. The van der Waals surface area contributed by atoms with Gasteiger partial charge in [-0.1, -0.05) is 12.1 Å². The second kappa shape index (κ2) is 15.1. The van der Waals surface area contributed by atoms with Crippen molar-refractivity contribution >= 4 is 33.4 Å². The number of ether oxygens (including phenoxy) is 4. The standard InChI is InChI=1S/C38H32F3N5O6/c1-49-34-21-26-29(22-35(34)51-16-4-13-45-14-17-50-18-15-45)42-12-11-32(26)52-33-10-8-24(20-28(33)41)43-38(48)36-37(47)25-9-7-23(39)19-31(25)46(44-36)30-6-3-2-5-27(30)40/h2-3,5-12,19-22H,4,13-18H2,1H3,(H,43,48). The van der Waals surface area contributed by atoms with E-state index in [4.69, 9.17) is 18.9 Å². The molecular weight excluding hydrogens is 679 g/mol. The Labute approximate surface area is 295 Å². The predicted octanol–water partition coefficient (Wildman–Crippen LogP) is 6.51. The second-order valence-electron chi connectivity index (χ2n) is 11.9. The lowest BCUT2D eigenvalue weighted by molar-refractivity contribution is 0.0357. The number of benzene rings is 4. The van der Waals surface area contributed by atoms with Crippen molar-refractivity contribution in [1.29, 1.82) is 0 Å². The predicted molar refractivity (Wildman–Crippen MR) is 187 cm³/mol. The highest BCUT2D eigenvalue weighted by Gasteiger charge is 2.21. The largest absolute Gasteiger partial charge is 0.493 e. The summed E-state index contributed by atoms with van der Waals surface area (Å²) in [4.78, 5) is 33.4. The maximum Gasteiger partial charge on any atom is 0.280 e. The van der Waals surface area contributed by atoms with Gasteiger partial charge in [-0.25, -0.2) is 17.9 Å². The van der Waals surface area contributed by atoms with Crippen LogP contribution in [0.25, 0.3) is 27.5 Å². The van der Waals surface area contributed by atoms with Gasteiger partial charge in [0.2, 0.25) is 5.43 Å². The molecule has 1 aliphatic heterocycles. The minimum Gasteiger partial charge on any atom is -0.493 e. The van der Waals surface area contributed by atoms with Gasteiger partial charge in [-0.05, 0) is 55.0 Å². The Kier molecular flexibility index (Phi) is 10.00. The van der Waals surface area contributed by atoms with Crippen molar-refractivity contribution in [3.8, 4) is 28.7 Å². The average molecular weight is 712 g/mol. The molecule has 266 valence electrons. The average Bonchev–Trinajstić information content (AvgIpc) is 3.15. The van der Waals surface area contributed by atoms with E-state index in [0.29, 0.717) is 34.8 Å². The van der Waals surface area contributed by atoms with E-state index in [1.807, 2.05) is 0 Å².